The van der Waals surface area contributed by atoms with Crippen LogP contribution < -0.4 is 10.0 Å². The molecule has 0 radical (unpaired) electrons. The van der Waals surface area contributed by atoms with Gasteiger partial charge in [0.25, 0.3) is 0 Å². The summed E-state index contributed by atoms with van der Waals surface area (Å²) in [6.45, 7) is 11.2. The lowest BCUT2D eigenvalue weighted by Gasteiger charge is -2.10. The lowest BCUT2D eigenvalue weighted by molar-refractivity contribution is 0.457. The number of aromatic nitrogens is 1. The molecule has 1 saturated carbocycles. The number of hydrogen-bond acceptors (Lipinski definition) is 4. The third-order valence-corrected chi connectivity index (χ3v) is 6.31. The zero-order valence-corrected chi connectivity index (χ0v) is 14.2. The fourth-order valence-electron chi connectivity index (χ4n) is 2.64. The second-order valence-electron chi connectivity index (χ2n) is 6.80. The average Bonchev–Trinajstić information content (AvgIpc) is 2.79. The molecule has 1 aliphatic carbocycles. The van der Waals surface area contributed by atoms with E-state index in [1.165, 1.54) is 12.3 Å². The van der Waals surface area contributed by atoms with Crippen molar-refractivity contribution in [1.82, 2.24) is 9.71 Å². The summed E-state index contributed by atoms with van der Waals surface area (Å²) in [5.41, 5.74) is -0.0627. The Kier molecular flexibility index (Phi) is 4.06. The highest BCUT2D eigenvalue weighted by Gasteiger charge is 2.66. The standard InChI is InChI=1S/C15H25N3O2S/c1-6-8-16-12-10-11(7-9-17-12)21(19,20)18-13-14(2,3)15(13,4)5/h7,9-10,13,18H,6,8H2,1-5H3,(H,16,17). The number of nitrogens with one attached hydrogen (secondary N) is 2. The quantitative estimate of drug-likeness (QED) is 0.847. The molecule has 0 amide bonds. The van der Waals surface area contributed by atoms with Gasteiger partial charge in [0.1, 0.15) is 5.82 Å². The van der Waals surface area contributed by atoms with Crippen molar-refractivity contribution in [1.29, 1.82) is 0 Å². The van der Waals surface area contributed by atoms with E-state index in [1.807, 2.05) is 6.92 Å². The maximum Gasteiger partial charge on any atom is 0.241 e. The molecule has 1 fully saturated rings. The van der Waals surface area contributed by atoms with Crippen LogP contribution in [0.15, 0.2) is 23.2 Å². The Labute approximate surface area is 127 Å². The molecule has 21 heavy (non-hydrogen) atoms. The highest BCUT2D eigenvalue weighted by atomic mass is 32.2. The first-order valence-corrected chi connectivity index (χ1v) is 8.83. The molecule has 1 aliphatic rings. The number of anilines is 1. The molecular weight excluding hydrogens is 286 g/mol. The van der Waals surface area contributed by atoms with Crippen molar-refractivity contribution in [3.8, 4) is 0 Å². The van der Waals surface area contributed by atoms with E-state index in [9.17, 15) is 8.42 Å². The Morgan fingerprint density at radius 1 is 1.24 bits per heavy atom. The van der Waals surface area contributed by atoms with Crippen molar-refractivity contribution in [2.45, 2.75) is 52.0 Å². The molecule has 1 aromatic heterocycles. The van der Waals surface area contributed by atoms with Crippen molar-refractivity contribution in [2.75, 3.05) is 11.9 Å². The lowest BCUT2D eigenvalue weighted by atomic mass is 10.0. The Morgan fingerprint density at radius 2 is 1.86 bits per heavy atom. The van der Waals surface area contributed by atoms with Gasteiger partial charge in [0.2, 0.25) is 10.0 Å². The zero-order valence-electron chi connectivity index (χ0n) is 13.4. The number of nitrogens with zero attached hydrogens (tertiary/aromatic N) is 1. The lowest BCUT2D eigenvalue weighted by Crippen LogP contribution is -2.30. The molecular formula is C15H25N3O2S. The van der Waals surface area contributed by atoms with E-state index in [2.05, 4.69) is 42.7 Å². The summed E-state index contributed by atoms with van der Waals surface area (Å²) in [6, 6.07) is 3.07. The Bertz CT molecular complexity index is 610. The van der Waals surface area contributed by atoms with Crippen molar-refractivity contribution in [2.24, 2.45) is 10.8 Å². The topological polar surface area (TPSA) is 71.1 Å². The van der Waals surface area contributed by atoms with Crippen LogP contribution in [0.3, 0.4) is 0 Å². The van der Waals surface area contributed by atoms with Crippen LogP contribution in [0, 0.1) is 10.8 Å². The Balaban J connectivity index is 2.17. The van der Waals surface area contributed by atoms with E-state index in [-0.39, 0.29) is 21.8 Å². The maximum absolute atomic E-state index is 12.5. The van der Waals surface area contributed by atoms with Gasteiger partial charge in [0.15, 0.2) is 0 Å². The first-order valence-electron chi connectivity index (χ1n) is 7.35. The van der Waals surface area contributed by atoms with E-state index < -0.39 is 10.0 Å². The molecule has 0 aliphatic heterocycles. The first kappa shape index (κ1) is 16.2. The van der Waals surface area contributed by atoms with Crippen molar-refractivity contribution in [3.63, 3.8) is 0 Å². The second kappa shape index (κ2) is 5.25. The van der Waals surface area contributed by atoms with Gasteiger partial charge < -0.3 is 5.32 Å². The summed E-state index contributed by atoms with van der Waals surface area (Å²) in [4.78, 5) is 4.40. The largest absolute Gasteiger partial charge is 0.370 e. The number of pyridine rings is 1. The fourth-order valence-corrected chi connectivity index (χ4v) is 4.18. The van der Waals surface area contributed by atoms with Crippen LogP contribution in [0.2, 0.25) is 0 Å². The van der Waals surface area contributed by atoms with Crippen LogP contribution in [0.5, 0.6) is 0 Å². The molecule has 1 aromatic rings. The predicted molar refractivity (Wildman–Crippen MR) is 84.7 cm³/mol. The van der Waals surface area contributed by atoms with Crippen molar-refractivity contribution in [3.05, 3.63) is 18.3 Å². The van der Waals surface area contributed by atoms with Gasteiger partial charge in [-0.05, 0) is 23.3 Å². The SMILES string of the molecule is CCCNc1cc(S(=O)(=O)NC2C(C)(C)C2(C)C)ccn1. The average molecular weight is 311 g/mol. The summed E-state index contributed by atoms with van der Waals surface area (Å²) >= 11 is 0. The van der Waals surface area contributed by atoms with Crippen LogP contribution in [-0.4, -0.2) is 26.0 Å². The second-order valence-corrected chi connectivity index (χ2v) is 8.52. The van der Waals surface area contributed by atoms with E-state index in [1.54, 1.807) is 6.07 Å². The molecule has 6 heteroatoms. The van der Waals surface area contributed by atoms with Crippen LogP contribution >= 0.6 is 0 Å². The van der Waals surface area contributed by atoms with Crippen LogP contribution in [0.25, 0.3) is 0 Å². The molecule has 0 atom stereocenters. The molecule has 2 rings (SSSR count). The molecule has 0 spiro atoms. The maximum atomic E-state index is 12.5. The number of sulfonamides is 1. The molecule has 5 nitrogen and oxygen atoms in total. The monoisotopic (exact) mass is 311 g/mol. The summed E-state index contributed by atoms with van der Waals surface area (Å²) in [6.07, 6.45) is 2.48. The van der Waals surface area contributed by atoms with Gasteiger partial charge in [-0.3, -0.25) is 0 Å². The minimum absolute atomic E-state index is 0.0314. The Hall–Kier alpha value is -1.14. The minimum Gasteiger partial charge on any atom is -0.370 e. The first-order chi connectivity index (χ1) is 9.63. The molecule has 1 heterocycles. The third kappa shape index (κ3) is 2.92. The van der Waals surface area contributed by atoms with E-state index in [0.717, 1.165) is 13.0 Å². The highest BCUT2D eigenvalue weighted by Crippen LogP contribution is 2.62. The highest BCUT2D eigenvalue weighted by molar-refractivity contribution is 7.89. The van der Waals surface area contributed by atoms with E-state index in [4.69, 9.17) is 0 Å². The fraction of sp³-hybridized carbons (Fsp3) is 0.667. The minimum atomic E-state index is -3.52. The van der Waals surface area contributed by atoms with Crippen molar-refractivity contribution < 1.29 is 8.42 Å². The molecule has 2 N–H and O–H groups in total. The number of rotatable bonds is 6. The van der Waals surface area contributed by atoms with Gasteiger partial charge >= 0.3 is 0 Å². The van der Waals surface area contributed by atoms with Crippen LogP contribution in [-0.2, 0) is 10.0 Å². The summed E-state index contributed by atoms with van der Waals surface area (Å²) in [5, 5.41) is 3.10. The van der Waals surface area contributed by atoms with Gasteiger partial charge in [-0.15, -0.1) is 0 Å². The third-order valence-electron chi connectivity index (χ3n) is 4.89. The van der Waals surface area contributed by atoms with Gasteiger partial charge in [0, 0.05) is 24.8 Å². The molecule has 0 saturated heterocycles. The van der Waals surface area contributed by atoms with E-state index >= 15 is 0 Å². The molecule has 118 valence electrons. The van der Waals surface area contributed by atoms with Gasteiger partial charge in [-0.2, -0.15) is 0 Å². The number of hydrogen-bond donors (Lipinski definition) is 2. The van der Waals surface area contributed by atoms with Crippen LogP contribution in [0.1, 0.15) is 41.0 Å². The molecule has 0 aromatic carbocycles. The van der Waals surface area contributed by atoms with Gasteiger partial charge in [0.05, 0.1) is 4.90 Å². The zero-order chi connectivity index (χ0) is 15.9. The normalized spacial score (nSPS) is 20.2. The predicted octanol–water partition coefficient (Wildman–Crippen LogP) is 2.62. The van der Waals surface area contributed by atoms with Gasteiger partial charge in [-0.25, -0.2) is 18.1 Å². The summed E-state index contributed by atoms with van der Waals surface area (Å²) < 4.78 is 27.9. The summed E-state index contributed by atoms with van der Waals surface area (Å²) in [5.74, 6) is 0.592. The van der Waals surface area contributed by atoms with Gasteiger partial charge in [-0.1, -0.05) is 34.6 Å². The molecule has 0 bridgehead atoms. The van der Waals surface area contributed by atoms with Crippen LogP contribution in [0.4, 0.5) is 5.82 Å². The van der Waals surface area contributed by atoms with Crippen molar-refractivity contribution >= 4 is 15.8 Å². The Morgan fingerprint density at radius 3 is 2.38 bits per heavy atom. The smallest absolute Gasteiger partial charge is 0.241 e. The molecule has 0 unspecified atom stereocenters. The summed E-state index contributed by atoms with van der Waals surface area (Å²) in [7, 11) is -3.52. The van der Waals surface area contributed by atoms with E-state index in [0.29, 0.717) is 5.82 Å².